The Balaban J connectivity index is 2.18. The van der Waals surface area contributed by atoms with Crippen LogP contribution in [0.5, 0.6) is 0 Å². The van der Waals surface area contributed by atoms with E-state index in [1.54, 1.807) is 6.07 Å². The maximum Gasteiger partial charge on any atom is 0.269 e. The van der Waals surface area contributed by atoms with Crippen molar-refractivity contribution in [1.82, 2.24) is 10.3 Å². The number of para-hydroxylation sites is 1. The van der Waals surface area contributed by atoms with Crippen molar-refractivity contribution in [3.8, 4) is 0 Å². The lowest BCUT2D eigenvalue weighted by atomic mass is 10.0. The predicted octanol–water partition coefficient (Wildman–Crippen LogP) is 3.60. The second-order valence-corrected chi connectivity index (χ2v) is 5.88. The molecule has 1 heterocycles. The van der Waals surface area contributed by atoms with Crippen molar-refractivity contribution in [2.75, 3.05) is 11.9 Å². The highest BCUT2D eigenvalue weighted by atomic mass is 16.2. The smallest absolute Gasteiger partial charge is 0.269 e. The molecule has 2 aromatic rings. The molecule has 126 valence electrons. The van der Waals surface area contributed by atoms with E-state index >= 15 is 0 Å². The minimum Gasteiger partial charge on any atom is -0.351 e. The molecule has 0 fully saturated rings. The number of hydrogen-bond donors (Lipinski definition) is 2. The van der Waals surface area contributed by atoms with Gasteiger partial charge in [0.25, 0.3) is 11.8 Å². The second-order valence-electron chi connectivity index (χ2n) is 5.88. The number of carbonyl (C=O) groups excluding carboxylic acids is 2. The number of nitrogens with zero attached hydrogens (tertiary/aromatic N) is 1. The number of rotatable bonds is 6. The molecule has 5 heteroatoms. The van der Waals surface area contributed by atoms with Gasteiger partial charge in [0.2, 0.25) is 0 Å². The van der Waals surface area contributed by atoms with Crippen LogP contribution in [0.4, 0.5) is 5.69 Å². The quantitative estimate of drug-likeness (QED) is 0.852. The Morgan fingerprint density at radius 3 is 2.58 bits per heavy atom. The lowest BCUT2D eigenvalue weighted by molar-refractivity contribution is 0.0948. The topological polar surface area (TPSA) is 71.1 Å². The van der Waals surface area contributed by atoms with Crippen molar-refractivity contribution < 1.29 is 9.59 Å². The van der Waals surface area contributed by atoms with Gasteiger partial charge in [-0.25, -0.2) is 0 Å². The van der Waals surface area contributed by atoms with Gasteiger partial charge in [0.1, 0.15) is 5.69 Å². The van der Waals surface area contributed by atoms with Crippen LogP contribution in [0.25, 0.3) is 0 Å². The number of nitrogens with one attached hydrogen (secondary N) is 2. The molecule has 0 saturated heterocycles. The molecule has 0 spiro atoms. The second kappa shape index (κ2) is 8.24. The Hall–Kier alpha value is -2.69. The van der Waals surface area contributed by atoms with E-state index in [0.717, 1.165) is 17.7 Å². The van der Waals surface area contributed by atoms with Gasteiger partial charge in [0, 0.05) is 24.0 Å². The SMILES string of the molecule is CCCNC(=O)c1cc(C(=O)Nc2ccccc2C(C)C)ccn1. The van der Waals surface area contributed by atoms with Crippen molar-refractivity contribution >= 4 is 17.5 Å². The van der Waals surface area contributed by atoms with Crippen molar-refractivity contribution in [1.29, 1.82) is 0 Å². The van der Waals surface area contributed by atoms with Gasteiger partial charge in [-0.2, -0.15) is 0 Å². The molecule has 0 aliphatic carbocycles. The van der Waals surface area contributed by atoms with Gasteiger partial charge in [0.05, 0.1) is 0 Å². The highest BCUT2D eigenvalue weighted by Gasteiger charge is 2.13. The number of carbonyl (C=O) groups is 2. The maximum absolute atomic E-state index is 12.5. The molecular formula is C19H23N3O2. The van der Waals surface area contributed by atoms with Gasteiger partial charge in [0.15, 0.2) is 0 Å². The van der Waals surface area contributed by atoms with E-state index in [9.17, 15) is 9.59 Å². The summed E-state index contributed by atoms with van der Waals surface area (Å²) in [7, 11) is 0. The Bertz CT molecular complexity index is 726. The number of benzene rings is 1. The monoisotopic (exact) mass is 325 g/mol. The molecule has 0 aliphatic heterocycles. The molecule has 0 radical (unpaired) electrons. The first-order valence-corrected chi connectivity index (χ1v) is 8.17. The van der Waals surface area contributed by atoms with E-state index < -0.39 is 0 Å². The van der Waals surface area contributed by atoms with Crippen LogP contribution in [0.2, 0.25) is 0 Å². The molecular weight excluding hydrogens is 302 g/mol. The van der Waals surface area contributed by atoms with E-state index in [0.29, 0.717) is 18.0 Å². The molecule has 1 aromatic heterocycles. The van der Waals surface area contributed by atoms with Gasteiger partial charge < -0.3 is 10.6 Å². The summed E-state index contributed by atoms with van der Waals surface area (Å²) in [4.78, 5) is 28.5. The fourth-order valence-electron chi connectivity index (χ4n) is 2.33. The van der Waals surface area contributed by atoms with Crippen LogP contribution in [0.3, 0.4) is 0 Å². The summed E-state index contributed by atoms with van der Waals surface area (Å²) in [6.07, 6.45) is 2.32. The van der Waals surface area contributed by atoms with Crippen LogP contribution < -0.4 is 10.6 Å². The maximum atomic E-state index is 12.5. The van der Waals surface area contributed by atoms with Gasteiger partial charge in [-0.1, -0.05) is 39.0 Å². The van der Waals surface area contributed by atoms with Crippen LogP contribution in [-0.2, 0) is 0 Å². The minimum atomic E-state index is -0.269. The molecule has 0 saturated carbocycles. The van der Waals surface area contributed by atoms with Gasteiger partial charge >= 0.3 is 0 Å². The predicted molar refractivity (Wildman–Crippen MR) is 95.3 cm³/mol. The van der Waals surface area contributed by atoms with Crippen LogP contribution in [0, 0.1) is 0 Å². The highest BCUT2D eigenvalue weighted by molar-refractivity contribution is 6.06. The standard InChI is InChI=1S/C19H23N3O2/c1-4-10-21-19(24)17-12-14(9-11-20-17)18(23)22-16-8-6-5-7-15(16)13(2)3/h5-9,11-13H,4,10H2,1-3H3,(H,21,24)(H,22,23). The van der Waals surface area contributed by atoms with E-state index in [1.807, 2.05) is 31.2 Å². The zero-order valence-electron chi connectivity index (χ0n) is 14.3. The Labute approximate surface area is 142 Å². The summed E-state index contributed by atoms with van der Waals surface area (Å²) in [6, 6.07) is 10.8. The molecule has 0 unspecified atom stereocenters. The number of hydrogen-bond acceptors (Lipinski definition) is 3. The summed E-state index contributed by atoms with van der Waals surface area (Å²) < 4.78 is 0. The first-order valence-electron chi connectivity index (χ1n) is 8.17. The average molecular weight is 325 g/mol. The average Bonchev–Trinajstić information content (AvgIpc) is 2.60. The van der Waals surface area contributed by atoms with E-state index in [1.165, 1.54) is 12.3 Å². The molecule has 2 N–H and O–H groups in total. The third-order valence-corrected chi connectivity index (χ3v) is 3.62. The van der Waals surface area contributed by atoms with Gasteiger partial charge in [-0.15, -0.1) is 0 Å². The van der Waals surface area contributed by atoms with Crippen molar-refractivity contribution in [2.24, 2.45) is 0 Å². The fourth-order valence-corrected chi connectivity index (χ4v) is 2.33. The third kappa shape index (κ3) is 4.41. The highest BCUT2D eigenvalue weighted by Crippen LogP contribution is 2.24. The summed E-state index contributed by atoms with van der Waals surface area (Å²) in [5.41, 5.74) is 2.51. The van der Waals surface area contributed by atoms with E-state index in [2.05, 4.69) is 29.5 Å². The van der Waals surface area contributed by atoms with Crippen LogP contribution in [-0.4, -0.2) is 23.3 Å². The first-order chi connectivity index (χ1) is 11.5. The zero-order valence-corrected chi connectivity index (χ0v) is 14.3. The Morgan fingerprint density at radius 2 is 1.88 bits per heavy atom. The fraction of sp³-hybridized carbons (Fsp3) is 0.316. The number of pyridine rings is 1. The molecule has 0 bridgehead atoms. The molecule has 2 rings (SSSR count). The number of amides is 2. The summed E-state index contributed by atoms with van der Waals surface area (Å²) in [6.45, 7) is 6.71. The lowest BCUT2D eigenvalue weighted by Gasteiger charge is -2.13. The first kappa shape index (κ1) is 17.7. The summed E-state index contributed by atoms with van der Waals surface area (Å²) in [5, 5.41) is 5.67. The van der Waals surface area contributed by atoms with Gasteiger partial charge in [-0.3, -0.25) is 14.6 Å². The molecule has 2 amide bonds. The number of anilines is 1. The summed E-state index contributed by atoms with van der Waals surface area (Å²) >= 11 is 0. The summed E-state index contributed by atoms with van der Waals surface area (Å²) in [5.74, 6) is -0.224. The zero-order chi connectivity index (χ0) is 17.5. The molecule has 1 aromatic carbocycles. The van der Waals surface area contributed by atoms with E-state index in [-0.39, 0.29) is 17.5 Å². The number of aromatic nitrogens is 1. The van der Waals surface area contributed by atoms with Gasteiger partial charge in [-0.05, 0) is 36.1 Å². The van der Waals surface area contributed by atoms with Crippen LogP contribution in [0.15, 0.2) is 42.6 Å². The lowest BCUT2D eigenvalue weighted by Crippen LogP contribution is -2.25. The third-order valence-electron chi connectivity index (χ3n) is 3.62. The molecule has 0 atom stereocenters. The molecule has 0 aliphatic rings. The Kier molecular flexibility index (Phi) is 6.07. The molecule has 24 heavy (non-hydrogen) atoms. The van der Waals surface area contributed by atoms with Crippen LogP contribution in [0.1, 0.15) is 59.5 Å². The molecule has 5 nitrogen and oxygen atoms in total. The van der Waals surface area contributed by atoms with Crippen molar-refractivity contribution in [2.45, 2.75) is 33.1 Å². The van der Waals surface area contributed by atoms with E-state index in [4.69, 9.17) is 0 Å². The van der Waals surface area contributed by atoms with Crippen LogP contribution >= 0.6 is 0 Å². The normalized spacial score (nSPS) is 10.5. The Morgan fingerprint density at radius 1 is 1.12 bits per heavy atom. The van der Waals surface area contributed by atoms with Crippen molar-refractivity contribution in [3.05, 3.63) is 59.4 Å². The minimum absolute atomic E-state index is 0.244. The largest absolute Gasteiger partial charge is 0.351 e. The van der Waals surface area contributed by atoms with Crippen molar-refractivity contribution in [3.63, 3.8) is 0 Å².